The first-order valence-corrected chi connectivity index (χ1v) is 11.9. The first-order chi connectivity index (χ1) is 15.0. The molecule has 1 saturated carbocycles. The van der Waals surface area contributed by atoms with E-state index in [0.29, 0.717) is 17.1 Å². The number of fused-ring (bicyclic) bond motifs is 1. The quantitative estimate of drug-likeness (QED) is 0.552. The molecule has 4 rings (SSSR count). The first kappa shape index (κ1) is 21.7. The molecule has 1 aliphatic heterocycles. The summed E-state index contributed by atoms with van der Waals surface area (Å²) in [4.78, 5) is 38.5. The Morgan fingerprint density at radius 3 is 2.42 bits per heavy atom. The topological polar surface area (TPSA) is 109 Å². The van der Waals surface area contributed by atoms with Crippen molar-refractivity contribution in [2.75, 3.05) is 11.5 Å². The Kier molecular flexibility index (Phi) is 6.50. The maximum atomic E-state index is 12.9. The molecule has 0 spiro atoms. The zero-order chi connectivity index (χ0) is 22.0. The van der Waals surface area contributed by atoms with E-state index in [2.05, 4.69) is 5.32 Å². The standard InChI is InChI=1S/C23H22N2O4S2/c24-18(13-7-3-1-4-8-13)22(27)25-19-20(26)17-16(23(28)29)14(12-31-21(17)19)11-30-15-9-5-2-6-10-15/h1-10,17-19,21H,11-12,24H2,(H,25,27)(H,28,29)/t17?,18?,19-,21+/m1/s1. The summed E-state index contributed by atoms with van der Waals surface area (Å²) in [6.45, 7) is 0. The summed E-state index contributed by atoms with van der Waals surface area (Å²) in [6, 6.07) is 17.1. The minimum absolute atomic E-state index is 0.190. The van der Waals surface area contributed by atoms with Crippen molar-refractivity contribution >= 4 is 41.2 Å². The van der Waals surface area contributed by atoms with Gasteiger partial charge in [-0.15, -0.1) is 11.8 Å². The summed E-state index contributed by atoms with van der Waals surface area (Å²) in [5, 5.41) is 12.3. The summed E-state index contributed by atoms with van der Waals surface area (Å²) in [5.41, 5.74) is 7.65. The van der Waals surface area contributed by atoms with E-state index in [1.165, 1.54) is 11.8 Å². The van der Waals surface area contributed by atoms with E-state index in [9.17, 15) is 19.5 Å². The van der Waals surface area contributed by atoms with Crippen LogP contribution in [0.2, 0.25) is 0 Å². The molecule has 0 aromatic heterocycles. The van der Waals surface area contributed by atoms with Crippen LogP contribution >= 0.6 is 23.5 Å². The fraction of sp³-hybridized carbons (Fsp3) is 0.261. The van der Waals surface area contributed by atoms with Gasteiger partial charge in [-0.3, -0.25) is 9.59 Å². The molecule has 1 aliphatic carbocycles. The third kappa shape index (κ3) is 4.42. The highest BCUT2D eigenvalue weighted by atomic mass is 32.2. The van der Waals surface area contributed by atoms with Gasteiger partial charge < -0.3 is 16.2 Å². The minimum atomic E-state index is -1.06. The van der Waals surface area contributed by atoms with E-state index >= 15 is 0 Å². The SMILES string of the molecule is NC(C(=O)N[C@@H]1C(=O)C2C(C(=O)O)=C(CSc3ccccc3)CS[C@@H]21)c1ccccc1. The highest BCUT2D eigenvalue weighted by Crippen LogP contribution is 2.46. The van der Waals surface area contributed by atoms with Crippen molar-refractivity contribution in [3.63, 3.8) is 0 Å². The molecule has 1 amide bonds. The first-order valence-electron chi connectivity index (χ1n) is 9.86. The zero-order valence-corrected chi connectivity index (χ0v) is 18.2. The van der Waals surface area contributed by atoms with Crippen LogP contribution in [0.5, 0.6) is 0 Å². The normalized spacial score (nSPS) is 23.5. The Bertz CT molecular complexity index is 1030. The fourth-order valence-electron chi connectivity index (χ4n) is 3.88. The van der Waals surface area contributed by atoms with Gasteiger partial charge in [-0.2, -0.15) is 11.8 Å². The number of rotatable bonds is 7. The number of amides is 1. The molecule has 160 valence electrons. The number of hydrogen-bond donors (Lipinski definition) is 3. The number of nitrogens with one attached hydrogen (secondary N) is 1. The molecule has 0 bridgehead atoms. The number of thioether (sulfide) groups is 2. The second kappa shape index (κ2) is 9.30. The molecule has 2 aliphatic rings. The minimum Gasteiger partial charge on any atom is -0.478 e. The second-order valence-corrected chi connectivity index (χ2v) is 9.67. The largest absolute Gasteiger partial charge is 0.478 e. The van der Waals surface area contributed by atoms with E-state index in [1.54, 1.807) is 36.0 Å². The third-order valence-corrected chi connectivity index (χ3v) is 8.08. The van der Waals surface area contributed by atoms with Crippen LogP contribution in [0.25, 0.3) is 0 Å². The smallest absolute Gasteiger partial charge is 0.332 e. The van der Waals surface area contributed by atoms with Gasteiger partial charge in [-0.1, -0.05) is 48.5 Å². The van der Waals surface area contributed by atoms with Crippen LogP contribution in [0.4, 0.5) is 0 Å². The Balaban J connectivity index is 1.46. The van der Waals surface area contributed by atoms with Gasteiger partial charge in [-0.05, 0) is 23.3 Å². The molecule has 2 unspecified atom stereocenters. The van der Waals surface area contributed by atoms with E-state index in [4.69, 9.17) is 5.73 Å². The molecule has 8 heteroatoms. The van der Waals surface area contributed by atoms with Crippen LogP contribution in [-0.4, -0.2) is 45.6 Å². The summed E-state index contributed by atoms with van der Waals surface area (Å²) >= 11 is 3.09. The summed E-state index contributed by atoms with van der Waals surface area (Å²) in [6.07, 6.45) is 0. The van der Waals surface area contributed by atoms with Crippen LogP contribution in [0.3, 0.4) is 0 Å². The Morgan fingerprint density at radius 2 is 1.77 bits per heavy atom. The van der Waals surface area contributed by atoms with Crippen molar-refractivity contribution in [3.05, 3.63) is 77.4 Å². The predicted molar refractivity (Wildman–Crippen MR) is 122 cm³/mol. The van der Waals surface area contributed by atoms with Gasteiger partial charge in [0.05, 0.1) is 5.92 Å². The van der Waals surface area contributed by atoms with Crippen molar-refractivity contribution in [1.82, 2.24) is 5.32 Å². The number of Topliss-reactive ketones (excluding diaryl/α,β-unsaturated/α-hetero) is 1. The average molecular weight is 455 g/mol. The van der Waals surface area contributed by atoms with Gasteiger partial charge in [-0.25, -0.2) is 4.79 Å². The molecule has 31 heavy (non-hydrogen) atoms. The summed E-state index contributed by atoms with van der Waals surface area (Å²) < 4.78 is 0. The van der Waals surface area contributed by atoms with Crippen molar-refractivity contribution in [2.24, 2.45) is 11.7 Å². The average Bonchev–Trinajstić information content (AvgIpc) is 2.80. The van der Waals surface area contributed by atoms with Gasteiger partial charge in [0.1, 0.15) is 12.1 Å². The van der Waals surface area contributed by atoms with Gasteiger partial charge in [0.25, 0.3) is 0 Å². The fourth-order valence-corrected chi connectivity index (χ4v) is 6.47. The lowest BCUT2D eigenvalue weighted by molar-refractivity contribution is -0.140. The van der Waals surface area contributed by atoms with Crippen LogP contribution in [0.15, 0.2) is 76.7 Å². The van der Waals surface area contributed by atoms with Gasteiger partial charge in [0.15, 0.2) is 5.78 Å². The Morgan fingerprint density at radius 1 is 1.13 bits per heavy atom. The predicted octanol–water partition coefficient (Wildman–Crippen LogP) is 2.66. The molecule has 6 nitrogen and oxygen atoms in total. The molecule has 1 fully saturated rings. The zero-order valence-electron chi connectivity index (χ0n) is 16.6. The number of carboxylic acids is 1. The van der Waals surface area contributed by atoms with Gasteiger partial charge in [0.2, 0.25) is 5.91 Å². The third-order valence-electron chi connectivity index (χ3n) is 5.54. The van der Waals surface area contributed by atoms with Crippen molar-refractivity contribution in [1.29, 1.82) is 0 Å². The maximum Gasteiger partial charge on any atom is 0.332 e. The van der Waals surface area contributed by atoms with E-state index in [-0.39, 0.29) is 16.6 Å². The Labute approximate surface area is 188 Å². The van der Waals surface area contributed by atoms with Crippen LogP contribution < -0.4 is 11.1 Å². The molecular formula is C23H22N2O4S2. The maximum absolute atomic E-state index is 12.9. The molecule has 2 aromatic carbocycles. The molecular weight excluding hydrogens is 432 g/mol. The molecule has 1 heterocycles. The highest BCUT2D eigenvalue weighted by Gasteiger charge is 2.56. The number of hydrogen-bond acceptors (Lipinski definition) is 6. The summed E-state index contributed by atoms with van der Waals surface area (Å²) in [5.74, 6) is -1.41. The number of carboxylic acid groups (broad SMARTS) is 1. The van der Waals surface area contributed by atoms with Crippen molar-refractivity contribution in [3.8, 4) is 0 Å². The number of carbonyl (C=O) groups is 3. The number of ketones is 1. The van der Waals surface area contributed by atoms with Crippen molar-refractivity contribution < 1.29 is 19.5 Å². The van der Waals surface area contributed by atoms with Crippen LogP contribution in [0, 0.1) is 5.92 Å². The molecule has 0 radical (unpaired) electrons. The lowest BCUT2D eigenvalue weighted by Gasteiger charge is -2.46. The molecule has 2 aromatic rings. The molecule has 4 N–H and O–H groups in total. The Hall–Kier alpha value is -2.55. The van der Waals surface area contributed by atoms with Crippen molar-refractivity contribution in [2.45, 2.75) is 22.2 Å². The lowest BCUT2D eigenvalue weighted by atomic mass is 9.71. The number of carbonyl (C=O) groups excluding carboxylic acids is 2. The van der Waals surface area contributed by atoms with Crippen LogP contribution in [0.1, 0.15) is 11.6 Å². The van der Waals surface area contributed by atoms with Crippen LogP contribution in [-0.2, 0) is 14.4 Å². The second-order valence-electron chi connectivity index (χ2n) is 7.45. The number of nitrogens with two attached hydrogens (primary N) is 1. The molecule has 4 atom stereocenters. The lowest BCUT2D eigenvalue weighted by Crippen LogP contribution is -2.66. The van der Waals surface area contributed by atoms with E-state index in [1.807, 2.05) is 36.4 Å². The van der Waals surface area contributed by atoms with E-state index < -0.39 is 29.9 Å². The number of benzene rings is 2. The van der Waals surface area contributed by atoms with Gasteiger partial charge >= 0.3 is 5.97 Å². The number of aliphatic carboxylic acids is 1. The monoisotopic (exact) mass is 454 g/mol. The summed E-state index contributed by atoms with van der Waals surface area (Å²) in [7, 11) is 0. The molecule has 0 saturated heterocycles. The van der Waals surface area contributed by atoms with E-state index in [0.717, 1.165) is 10.5 Å². The van der Waals surface area contributed by atoms with Gasteiger partial charge in [0, 0.05) is 27.2 Å². The highest BCUT2D eigenvalue weighted by molar-refractivity contribution is 8.01.